The number of amides is 2. The summed E-state index contributed by atoms with van der Waals surface area (Å²) in [6.45, 7) is 3.31. The molecule has 0 unspecified atom stereocenters. The number of carbonyl (C=O) groups is 1. The maximum atomic E-state index is 12.7. The van der Waals surface area contributed by atoms with Gasteiger partial charge in [0.1, 0.15) is 0 Å². The van der Waals surface area contributed by atoms with Crippen LogP contribution in [0.5, 0.6) is 0 Å². The van der Waals surface area contributed by atoms with Crippen LogP contribution in [0, 0.1) is 0 Å². The Morgan fingerprint density at radius 1 is 1.46 bits per heavy atom. The third kappa shape index (κ3) is 4.70. The zero-order valence-corrected chi connectivity index (χ0v) is 16.3. The van der Waals surface area contributed by atoms with Crippen molar-refractivity contribution in [2.45, 2.75) is 19.4 Å². The fraction of sp³-hybridized carbons (Fsp3) is 0.500. The molecule has 2 heterocycles. The van der Waals surface area contributed by atoms with E-state index in [4.69, 9.17) is 4.74 Å². The molecule has 142 valence electrons. The molecule has 2 amide bonds. The highest BCUT2D eigenvalue weighted by atomic mass is 32.2. The fourth-order valence-electron chi connectivity index (χ4n) is 2.74. The summed E-state index contributed by atoms with van der Waals surface area (Å²) in [5.41, 5.74) is 1.61. The molecule has 1 aliphatic heterocycles. The molecule has 10 heteroatoms. The number of morpholine rings is 1. The summed E-state index contributed by atoms with van der Waals surface area (Å²) in [5, 5.41) is 3.95. The van der Waals surface area contributed by atoms with Gasteiger partial charge in [0, 0.05) is 18.8 Å². The maximum absolute atomic E-state index is 12.7. The molecule has 1 fully saturated rings. The number of aromatic nitrogens is 1. The van der Waals surface area contributed by atoms with Crippen LogP contribution in [0.1, 0.15) is 11.9 Å². The van der Waals surface area contributed by atoms with E-state index in [0.29, 0.717) is 25.4 Å². The van der Waals surface area contributed by atoms with Gasteiger partial charge in [0.05, 0.1) is 40.7 Å². The molecule has 2 N–H and O–H groups in total. The van der Waals surface area contributed by atoms with Crippen molar-refractivity contribution in [1.82, 2.24) is 14.6 Å². The molecule has 26 heavy (non-hydrogen) atoms. The van der Waals surface area contributed by atoms with Crippen LogP contribution in [0.4, 0.5) is 10.5 Å². The number of hydrogen-bond donors (Lipinski definition) is 2. The Labute approximate surface area is 156 Å². The van der Waals surface area contributed by atoms with Crippen molar-refractivity contribution in [3.8, 4) is 0 Å². The predicted molar refractivity (Wildman–Crippen MR) is 102 cm³/mol. The lowest BCUT2D eigenvalue weighted by atomic mass is 10.2. The van der Waals surface area contributed by atoms with Gasteiger partial charge in [-0.1, -0.05) is 6.92 Å². The van der Waals surface area contributed by atoms with Gasteiger partial charge in [-0.05, 0) is 24.6 Å². The number of anilines is 1. The first kappa shape index (κ1) is 19.0. The van der Waals surface area contributed by atoms with Crippen LogP contribution in [0.2, 0.25) is 0 Å². The average molecular weight is 399 g/mol. The topological polar surface area (TPSA) is 101 Å². The summed E-state index contributed by atoms with van der Waals surface area (Å²) in [5.74, 6) is 0. The first-order chi connectivity index (χ1) is 12.4. The largest absolute Gasteiger partial charge is 0.377 e. The van der Waals surface area contributed by atoms with Crippen LogP contribution in [0.25, 0.3) is 10.2 Å². The third-order valence-corrected chi connectivity index (χ3v) is 5.91. The highest BCUT2D eigenvalue weighted by Crippen LogP contribution is 2.26. The molecule has 3 rings (SSSR count). The quantitative estimate of drug-likeness (QED) is 0.797. The van der Waals surface area contributed by atoms with E-state index in [0.717, 1.165) is 27.9 Å². The van der Waals surface area contributed by atoms with Crippen molar-refractivity contribution in [1.29, 1.82) is 0 Å². The summed E-state index contributed by atoms with van der Waals surface area (Å²) >= 11 is 1.61. The fourth-order valence-corrected chi connectivity index (χ4v) is 4.18. The number of rotatable bonds is 5. The molecular formula is C16H22N4O4S2. The van der Waals surface area contributed by atoms with E-state index in [2.05, 4.69) is 21.9 Å². The van der Waals surface area contributed by atoms with Gasteiger partial charge in [-0.15, -0.1) is 11.3 Å². The Bertz CT molecular complexity index is 897. The number of benzene rings is 1. The molecule has 8 nitrogen and oxygen atoms in total. The number of carbonyl (C=O) groups excluding carboxylic acids is 1. The van der Waals surface area contributed by atoms with Gasteiger partial charge in [0.15, 0.2) is 0 Å². The number of nitrogens with one attached hydrogen (secondary N) is 2. The summed E-state index contributed by atoms with van der Waals surface area (Å²) in [6, 6.07) is 5.01. The smallest absolute Gasteiger partial charge is 0.322 e. The first-order valence-corrected chi connectivity index (χ1v) is 11.1. The Morgan fingerprint density at radius 3 is 3.00 bits per heavy atom. The Balaban J connectivity index is 1.70. The second kappa shape index (κ2) is 7.87. The molecule has 1 aromatic heterocycles. The van der Waals surface area contributed by atoms with Gasteiger partial charge in [0.25, 0.3) is 0 Å². The maximum Gasteiger partial charge on any atom is 0.322 e. The Kier molecular flexibility index (Phi) is 5.76. The van der Waals surface area contributed by atoms with E-state index in [1.54, 1.807) is 16.2 Å². The van der Waals surface area contributed by atoms with Gasteiger partial charge < -0.3 is 15.0 Å². The van der Waals surface area contributed by atoms with Gasteiger partial charge in [0.2, 0.25) is 10.0 Å². The number of sulfonamides is 1. The van der Waals surface area contributed by atoms with E-state index >= 15 is 0 Å². The van der Waals surface area contributed by atoms with Gasteiger partial charge in [-0.3, -0.25) is 0 Å². The number of hydrogen-bond acceptors (Lipinski definition) is 6. The van der Waals surface area contributed by atoms with Gasteiger partial charge in [-0.25, -0.2) is 22.9 Å². The van der Waals surface area contributed by atoms with E-state index in [1.807, 2.05) is 18.2 Å². The zero-order chi connectivity index (χ0) is 18.7. The van der Waals surface area contributed by atoms with Crippen LogP contribution in [-0.2, 0) is 21.2 Å². The molecule has 1 aliphatic rings. The van der Waals surface area contributed by atoms with Crippen molar-refractivity contribution < 1.29 is 17.9 Å². The van der Waals surface area contributed by atoms with Crippen LogP contribution in [0.15, 0.2) is 18.2 Å². The molecule has 0 radical (unpaired) electrons. The van der Waals surface area contributed by atoms with Crippen molar-refractivity contribution in [3.63, 3.8) is 0 Å². The summed E-state index contributed by atoms with van der Waals surface area (Å²) in [7, 11) is -3.33. The Morgan fingerprint density at radius 2 is 2.27 bits per heavy atom. The van der Waals surface area contributed by atoms with Gasteiger partial charge >= 0.3 is 6.03 Å². The minimum atomic E-state index is -3.33. The van der Waals surface area contributed by atoms with E-state index < -0.39 is 10.0 Å². The minimum absolute atomic E-state index is 0.125. The standard InChI is InChI=1S/C16H22N4O4S2/c1-3-15-19-13-5-4-11(8-14(13)25-15)18-16(21)20-6-7-24-10-12(20)9-17-26(2,22)23/h4-5,8,12,17H,3,6-7,9-10H2,1-2H3,(H,18,21)/t12-/m0/s1. The van der Waals surface area contributed by atoms with E-state index in [1.165, 1.54) is 0 Å². The highest BCUT2D eigenvalue weighted by molar-refractivity contribution is 7.88. The number of aryl methyl sites for hydroxylation is 1. The number of thiazole rings is 1. The predicted octanol–water partition coefficient (Wildman–Crippen LogP) is 1.64. The molecular weight excluding hydrogens is 376 g/mol. The average Bonchev–Trinajstić information content (AvgIpc) is 3.02. The van der Waals surface area contributed by atoms with Crippen molar-refractivity contribution in [2.75, 3.05) is 37.9 Å². The lowest BCUT2D eigenvalue weighted by molar-refractivity contribution is 0.0176. The second-order valence-electron chi connectivity index (χ2n) is 6.12. The molecule has 1 saturated heterocycles. The number of urea groups is 1. The van der Waals surface area contributed by atoms with Crippen LogP contribution < -0.4 is 10.0 Å². The van der Waals surface area contributed by atoms with Crippen LogP contribution in [-0.4, -0.2) is 62.9 Å². The van der Waals surface area contributed by atoms with E-state index in [-0.39, 0.29) is 18.6 Å². The molecule has 0 bridgehead atoms. The zero-order valence-electron chi connectivity index (χ0n) is 14.7. The molecule has 0 saturated carbocycles. The summed E-state index contributed by atoms with van der Waals surface area (Å²) in [4.78, 5) is 18.8. The summed E-state index contributed by atoms with van der Waals surface area (Å²) in [6.07, 6.45) is 1.97. The monoisotopic (exact) mass is 398 g/mol. The number of ether oxygens (including phenoxy) is 1. The van der Waals surface area contributed by atoms with Crippen LogP contribution >= 0.6 is 11.3 Å². The minimum Gasteiger partial charge on any atom is -0.377 e. The third-order valence-electron chi connectivity index (χ3n) is 4.06. The summed E-state index contributed by atoms with van der Waals surface area (Å²) < 4.78 is 31.5. The first-order valence-electron chi connectivity index (χ1n) is 8.35. The SMILES string of the molecule is CCc1nc2ccc(NC(=O)N3CCOC[C@@H]3CNS(C)(=O)=O)cc2s1. The molecule has 2 aromatic rings. The van der Waals surface area contributed by atoms with Crippen molar-refractivity contribution >= 4 is 43.3 Å². The molecule has 0 spiro atoms. The number of fused-ring (bicyclic) bond motifs is 1. The van der Waals surface area contributed by atoms with Crippen molar-refractivity contribution in [2.24, 2.45) is 0 Å². The highest BCUT2D eigenvalue weighted by Gasteiger charge is 2.28. The molecule has 0 aliphatic carbocycles. The molecule has 1 atom stereocenters. The lowest BCUT2D eigenvalue weighted by Crippen LogP contribution is -2.54. The molecule has 1 aromatic carbocycles. The lowest BCUT2D eigenvalue weighted by Gasteiger charge is -2.35. The Hall–Kier alpha value is -1.75. The second-order valence-corrected chi connectivity index (χ2v) is 9.06. The van der Waals surface area contributed by atoms with Gasteiger partial charge in [-0.2, -0.15) is 0 Å². The number of nitrogens with zero attached hydrogens (tertiary/aromatic N) is 2. The van der Waals surface area contributed by atoms with Crippen LogP contribution in [0.3, 0.4) is 0 Å². The normalized spacial score (nSPS) is 18.2. The van der Waals surface area contributed by atoms with E-state index in [9.17, 15) is 13.2 Å². The van der Waals surface area contributed by atoms with Crippen molar-refractivity contribution in [3.05, 3.63) is 23.2 Å².